The van der Waals surface area contributed by atoms with Crippen LogP contribution in [0.25, 0.3) is 0 Å². The van der Waals surface area contributed by atoms with Gasteiger partial charge in [0.25, 0.3) is 17.4 Å². The maximum absolute atomic E-state index is 13.2. The van der Waals surface area contributed by atoms with Crippen LogP contribution >= 0.6 is 0 Å². The first-order valence-corrected chi connectivity index (χ1v) is 10.4. The third kappa shape index (κ3) is 5.20. The maximum Gasteiger partial charge on any atom is 0.430 e. The molecule has 0 aromatic heterocycles. The van der Waals surface area contributed by atoms with E-state index in [0.717, 1.165) is 0 Å². The van der Waals surface area contributed by atoms with E-state index in [4.69, 9.17) is 0 Å². The van der Waals surface area contributed by atoms with Gasteiger partial charge in [-0.2, -0.15) is 26.3 Å². The summed E-state index contributed by atoms with van der Waals surface area (Å²) < 4.78 is 79.5. The number of carbonyl (C=O) groups excluding carboxylic acids is 2. The standard InChI is InChI=1S/C25H20F6N2O3/c1-14-11-18(23(36,24(26,27)28)25(29,30)31)12-15(2)20(14)33-22(35)17-9-6-10-19(13-17)32-21(34)16-7-4-3-5-8-16/h3-13,36H,1-2H3,(H,32,34)(H,33,35). The number of halogens is 6. The second kappa shape index (κ2) is 9.65. The molecule has 0 aliphatic rings. The van der Waals surface area contributed by atoms with E-state index in [1.807, 2.05) is 0 Å². The van der Waals surface area contributed by atoms with Gasteiger partial charge in [-0.15, -0.1) is 0 Å². The zero-order valence-corrected chi connectivity index (χ0v) is 18.9. The van der Waals surface area contributed by atoms with Gasteiger partial charge in [0.1, 0.15) is 0 Å². The summed E-state index contributed by atoms with van der Waals surface area (Å²) in [6.45, 7) is 2.41. The van der Waals surface area contributed by atoms with Gasteiger partial charge in [-0.3, -0.25) is 9.59 Å². The van der Waals surface area contributed by atoms with Crippen molar-refractivity contribution in [1.29, 1.82) is 0 Å². The van der Waals surface area contributed by atoms with Gasteiger partial charge in [-0.1, -0.05) is 36.4 Å². The van der Waals surface area contributed by atoms with Gasteiger partial charge in [-0.25, -0.2) is 0 Å². The smallest absolute Gasteiger partial charge is 0.369 e. The van der Waals surface area contributed by atoms with E-state index >= 15 is 0 Å². The largest absolute Gasteiger partial charge is 0.430 e. The third-order valence-electron chi connectivity index (χ3n) is 5.43. The summed E-state index contributed by atoms with van der Waals surface area (Å²) in [5.41, 5.74) is -6.01. The molecule has 0 unspecified atom stereocenters. The highest BCUT2D eigenvalue weighted by Crippen LogP contribution is 2.50. The second-order valence-electron chi connectivity index (χ2n) is 8.05. The first-order valence-electron chi connectivity index (χ1n) is 10.4. The molecule has 0 saturated carbocycles. The molecule has 0 bridgehead atoms. The molecule has 0 radical (unpaired) electrons. The number of alkyl halides is 6. The van der Waals surface area contributed by atoms with Crippen molar-refractivity contribution in [2.75, 3.05) is 10.6 Å². The summed E-state index contributed by atoms with van der Waals surface area (Å²) in [6.07, 6.45) is -12.1. The first kappa shape index (κ1) is 26.7. The zero-order chi connectivity index (χ0) is 26.9. The van der Waals surface area contributed by atoms with Crippen molar-refractivity contribution < 1.29 is 41.0 Å². The molecule has 3 rings (SSSR count). The normalized spacial score (nSPS) is 12.2. The van der Waals surface area contributed by atoms with E-state index in [-0.39, 0.29) is 22.4 Å². The minimum atomic E-state index is -6.03. The van der Waals surface area contributed by atoms with Crippen LogP contribution in [-0.2, 0) is 5.60 Å². The SMILES string of the molecule is Cc1cc(C(O)(C(F)(F)F)C(F)(F)F)cc(C)c1NC(=O)c1cccc(NC(=O)c2ccccc2)c1. The highest BCUT2D eigenvalue weighted by molar-refractivity contribution is 6.07. The summed E-state index contributed by atoms with van der Waals surface area (Å²) >= 11 is 0. The minimum absolute atomic E-state index is 0.0193. The van der Waals surface area contributed by atoms with Crippen molar-refractivity contribution in [2.24, 2.45) is 0 Å². The fraction of sp³-hybridized carbons (Fsp3) is 0.200. The molecule has 3 aromatic rings. The van der Waals surface area contributed by atoms with Crippen molar-refractivity contribution >= 4 is 23.2 Å². The molecule has 0 spiro atoms. The molecule has 0 aliphatic heterocycles. The Labute approximate surface area is 201 Å². The number of benzene rings is 3. The number of aliphatic hydroxyl groups is 1. The summed E-state index contributed by atoms with van der Waals surface area (Å²) in [6, 6.07) is 15.2. The first-order chi connectivity index (χ1) is 16.6. The van der Waals surface area contributed by atoms with Crippen LogP contribution in [0.3, 0.4) is 0 Å². The minimum Gasteiger partial charge on any atom is -0.369 e. The Morgan fingerprint density at radius 2 is 1.19 bits per heavy atom. The number of amides is 2. The van der Waals surface area contributed by atoms with Gasteiger partial charge in [-0.05, 0) is 55.3 Å². The average molecular weight is 510 g/mol. The molecule has 0 saturated heterocycles. The molecule has 3 N–H and O–H groups in total. The summed E-state index contributed by atoms with van der Waals surface area (Å²) in [4.78, 5) is 25.1. The Balaban J connectivity index is 1.87. The highest BCUT2D eigenvalue weighted by Gasteiger charge is 2.71. The molecular formula is C25H20F6N2O3. The van der Waals surface area contributed by atoms with E-state index in [1.165, 1.54) is 38.1 Å². The molecule has 5 nitrogen and oxygen atoms in total. The Kier molecular flexibility index (Phi) is 7.17. The number of hydrogen-bond acceptors (Lipinski definition) is 3. The van der Waals surface area contributed by atoms with E-state index in [9.17, 15) is 41.0 Å². The van der Waals surface area contributed by atoms with Crippen LogP contribution in [-0.4, -0.2) is 29.3 Å². The van der Waals surface area contributed by atoms with Crippen LogP contribution in [0, 0.1) is 13.8 Å². The molecule has 2 amide bonds. The summed E-state index contributed by atoms with van der Waals surface area (Å²) in [5, 5.41) is 14.8. The van der Waals surface area contributed by atoms with Crippen LogP contribution in [0.1, 0.15) is 37.4 Å². The van der Waals surface area contributed by atoms with Crippen molar-refractivity contribution in [3.63, 3.8) is 0 Å². The molecule has 0 atom stereocenters. The van der Waals surface area contributed by atoms with Gasteiger partial charge in [0.15, 0.2) is 0 Å². The quantitative estimate of drug-likeness (QED) is 0.362. The fourth-order valence-electron chi connectivity index (χ4n) is 3.57. The van der Waals surface area contributed by atoms with Crippen molar-refractivity contribution in [1.82, 2.24) is 0 Å². The van der Waals surface area contributed by atoms with E-state index in [2.05, 4.69) is 10.6 Å². The van der Waals surface area contributed by atoms with E-state index in [1.54, 1.807) is 30.3 Å². The molecule has 3 aromatic carbocycles. The van der Waals surface area contributed by atoms with E-state index < -0.39 is 35.3 Å². The van der Waals surface area contributed by atoms with Gasteiger partial charge in [0.2, 0.25) is 0 Å². The number of rotatable bonds is 5. The number of anilines is 2. The average Bonchev–Trinajstić information content (AvgIpc) is 2.79. The number of nitrogens with one attached hydrogen (secondary N) is 2. The molecule has 0 fully saturated rings. The number of aryl methyl sites for hydroxylation is 2. The third-order valence-corrected chi connectivity index (χ3v) is 5.43. The predicted octanol–water partition coefficient (Wildman–Crippen LogP) is 6.12. The Bertz CT molecular complexity index is 1250. The highest BCUT2D eigenvalue weighted by atomic mass is 19.4. The monoisotopic (exact) mass is 510 g/mol. The molecule has 36 heavy (non-hydrogen) atoms. The van der Waals surface area contributed by atoms with Gasteiger partial charge >= 0.3 is 12.4 Å². The number of hydrogen-bond donors (Lipinski definition) is 3. The van der Waals surface area contributed by atoms with E-state index in [0.29, 0.717) is 23.4 Å². The van der Waals surface area contributed by atoms with Crippen LogP contribution < -0.4 is 10.6 Å². The topological polar surface area (TPSA) is 78.4 Å². The lowest BCUT2D eigenvalue weighted by atomic mass is 9.89. The molecule has 0 aliphatic carbocycles. The van der Waals surface area contributed by atoms with Crippen LogP contribution in [0.15, 0.2) is 66.7 Å². The molecule has 11 heteroatoms. The lowest BCUT2D eigenvalue weighted by molar-refractivity contribution is -0.376. The second-order valence-corrected chi connectivity index (χ2v) is 8.05. The van der Waals surface area contributed by atoms with Crippen LogP contribution in [0.2, 0.25) is 0 Å². The summed E-state index contributed by atoms with van der Waals surface area (Å²) in [5.74, 6) is -1.14. The lowest BCUT2D eigenvalue weighted by Gasteiger charge is -2.33. The van der Waals surface area contributed by atoms with Crippen LogP contribution in [0.5, 0.6) is 0 Å². The number of carbonyl (C=O) groups is 2. The molecule has 0 heterocycles. The molecule has 190 valence electrons. The van der Waals surface area contributed by atoms with Crippen LogP contribution in [0.4, 0.5) is 37.7 Å². The van der Waals surface area contributed by atoms with Crippen molar-refractivity contribution in [2.45, 2.75) is 31.8 Å². The van der Waals surface area contributed by atoms with Gasteiger partial charge in [0, 0.05) is 28.1 Å². The Morgan fingerprint density at radius 1 is 0.694 bits per heavy atom. The zero-order valence-electron chi connectivity index (χ0n) is 18.9. The van der Waals surface area contributed by atoms with Crippen molar-refractivity contribution in [3.05, 3.63) is 94.5 Å². The molecular weight excluding hydrogens is 490 g/mol. The Hall–Kier alpha value is -3.86. The fourth-order valence-corrected chi connectivity index (χ4v) is 3.57. The van der Waals surface area contributed by atoms with Gasteiger partial charge in [0.05, 0.1) is 0 Å². The van der Waals surface area contributed by atoms with Gasteiger partial charge < -0.3 is 15.7 Å². The maximum atomic E-state index is 13.2. The summed E-state index contributed by atoms with van der Waals surface area (Å²) in [7, 11) is 0. The van der Waals surface area contributed by atoms with Crippen molar-refractivity contribution in [3.8, 4) is 0 Å². The lowest BCUT2D eigenvalue weighted by Crippen LogP contribution is -2.54. The predicted molar refractivity (Wildman–Crippen MR) is 121 cm³/mol. The Morgan fingerprint density at radius 3 is 1.72 bits per heavy atom.